The van der Waals surface area contributed by atoms with E-state index >= 15 is 0 Å². The quantitative estimate of drug-likeness (QED) is 0.669. The van der Waals surface area contributed by atoms with Crippen LogP contribution in [0.2, 0.25) is 0 Å². The van der Waals surface area contributed by atoms with Crippen molar-refractivity contribution in [2.24, 2.45) is 0 Å². The van der Waals surface area contributed by atoms with E-state index in [0.717, 1.165) is 30.7 Å². The van der Waals surface area contributed by atoms with Gasteiger partial charge < -0.3 is 10.1 Å². The number of carbonyl (C=O) groups excluding carboxylic acids is 1. The first-order valence-electron chi connectivity index (χ1n) is 6.83. The minimum Gasteiger partial charge on any atom is -0.376 e. The highest BCUT2D eigenvalue weighted by Crippen LogP contribution is 2.19. The maximum Gasteiger partial charge on any atom is 0.262 e. The molecular weight excluding hydrogens is 272 g/mol. The number of nitriles is 1. The average molecular weight is 290 g/mol. The van der Waals surface area contributed by atoms with Crippen LogP contribution in [0.15, 0.2) is 17.7 Å². The summed E-state index contributed by atoms with van der Waals surface area (Å²) in [6.07, 6.45) is 4.71. The van der Waals surface area contributed by atoms with E-state index in [9.17, 15) is 4.79 Å². The molecule has 1 N–H and O–H groups in total. The Morgan fingerprint density at radius 3 is 3.10 bits per heavy atom. The van der Waals surface area contributed by atoms with Gasteiger partial charge in [0.05, 0.1) is 6.10 Å². The molecule has 1 aliphatic heterocycles. The van der Waals surface area contributed by atoms with E-state index in [-0.39, 0.29) is 17.6 Å². The number of hydrogen-bond donors (Lipinski definition) is 1. The summed E-state index contributed by atoms with van der Waals surface area (Å²) < 4.78 is 5.44. The minimum absolute atomic E-state index is 0.0901. The Morgan fingerprint density at radius 1 is 1.65 bits per heavy atom. The number of rotatable bonds is 5. The Hall–Kier alpha value is -1.64. The van der Waals surface area contributed by atoms with Gasteiger partial charge in [-0.1, -0.05) is 6.92 Å². The predicted molar refractivity (Wildman–Crippen MR) is 79.3 cm³/mol. The molecule has 1 atom stereocenters. The van der Waals surface area contributed by atoms with Gasteiger partial charge in [0.15, 0.2) is 0 Å². The van der Waals surface area contributed by atoms with Crippen LogP contribution in [0.3, 0.4) is 0 Å². The molecule has 2 heterocycles. The fourth-order valence-corrected chi connectivity index (χ4v) is 2.96. The zero-order valence-electron chi connectivity index (χ0n) is 11.5. The molecule has 0 aliphatic carbocycles. The Bertz CT molecular complexity index is 536. The number of hydrogen-bond acceptors (Lipinski definition) is 4. The lowest BCUT2D eigenvalue weighted by molar-refractivity contribution is -0.117. The fraction of sp³-hybridized carbons (Fsp3) is 0.467. The number of aryl methyl sites for hydroxylation is 1. The van der Waals surface area contributed by atoms with Crippen LogP contribution in [0.4, 0.5) is 0 Å². The van der Waals surface area contributed by atoms with Crippen molar-refractivity contribution in [3.63, 3.8) is 0 Å². The number of nitrogens with one attached hydrogen (secondary N) is 1. The van der Waals surface area contributed by atoms with E-state index in [4.69, 9.17) is 10.00 Å². The number of nitrogens with zero attached hydrogens (tertiary/aromatic N) is 1. The molecule has 0 radical (unpaired) electrons. The maximum absolute atomic E-state index is 12.0. The first-order chi connectivity index (χ1) is 9.72. The summed E-state index contributed by atoms with van der Waals surface area (Å²) in [6, 6.07) is 5.93. The van der Waals surface area contributed by atoms with Crippen molar-refractivity contribution in [1.29, 1.82) is 5.26 Å². The van der Waals surface area contributed by atoms with Gasteiger partial charge in [-0.15, -0.1) is 11.3 Å². The topological polar surface area (TPSA) is 62.1 Å². The molecule has 2 rings (SSSR count). The van der Waals surface area contributed by atoms with Gasteiger partial charge in [0.1, 0.15) is 11.6 Å². The standard InChI is InChI=1S/C15H18N2O2S/c1-2-13-5-6-14(20-13)8-11(9-16)15(18)17-10-12-4-3-7-19-12/h5-6,8,12H,2-4,7,10H2,1H3,(H,17,18)/b11-8+/t12-/m0/s1. The zero-order valence-corrected chi connectivity index (χ0v) is 12.3. The van der Waals surface area contributed by atoms with Crippen LogP contribution >= 0.6 is 11.3 Å². The SMILES string of the molecule is CCc1ccc(/C=C(\C#N)C(=O)NC[C@@H]2CCCO2)s1. The molecular formula is C15H18N2O2S. The molecule has 20 heavy (non-hydrogen) atoms. The second kappa shape index (κ2) is 7.22. The molecule has 1 fully saturated rings. The normalized spacial score (nSPS) is 18.8. The average Bonchev–Trinajstić information content (AvgIpc) is 3.13. The lowest BCUT2D eigenvalue weighted by Crippen LogP contribution is -2.32. The van der Waals surface area contributed by atoms with Crippen LogP contribution in [-0.4, -0.2) is 25.2 Å². The third-order valence-corrected chi connectivity index (χ3v) is 4.37. The second-order valence-corrected chi connectivity index (χ2v) is 5.87. The zero-order chi connectivity index (χ0) is 14.4. The molecule has 0 bridgehead atoms. The van der Waals surface area contributed by atoms with Crippen LogP contribution in [0.25, 0.3) is 6.08 Å². The highest BCUT2D eigenvalue weighted by atomic mass is 32.1. The molecule has 1 aliphatic rings. The van der Waals surface area contributed by atoms with Crippen LogP contribution in [0.1, 0.15) is 29.5 Å². The molecule has 0 spiro atoms. The van der Waals surface area contributed by atoms with Gasteiger partial charge in [0.2, 0.25) is 0 Å². The van der Waals surface area contributed by atoms with Gasteiger partial charge in [-0.3, -0.25) is 4.79 Å². The predicted octanol–water partition coefficient (Wildman–Crippen LogP) is 2.51. The van der Waals surface area contributed by atoms with E-state index in [0.29, 0.717) is 6.54 Å². The molecule has 1 aromatic rings. The van der Waals surface area contributed by atoms with Gasteiger partial charge >= 0.3 is 0 Å². The molecule has 1 amide bonds. The number of ether oxygens (including phenoxy) is 1. The van der Waals surface area contributed by atoms with Crippen LogP contribution in [-0.2, 0) is 16.0 Å². The third-order valence-electron chi connectivity index (χ3n) is 3.20. The lowest BCUT2D eigenvalue weighted by Gasteiger charge is -2.09. The van der Waals surface area contributed by atoms with Crippen molar-refractivity contribution in [3.05, 3.63) is 27.5 Å². The third kappa shape index (κ3) is 3.92. The van der Waals surface area contributed by atoms with E-state index in [1.807, 2.05) is 18.2 Å². The highest BCUT2D eigenvalue weighted by Gasteiger charge is 2.17. The molecule has 0 saturated carbocycles. The van der Waals surface area contributed by atoms with Crippen molar-refractivity contribution in [1.82, 2.24) is 5.32 Å². The van der Waals surface area contributed by atoms with Crippen molar-refractivity contribution < 1.29 is 9.53 Å². The fourth-order valence-electron chi connectivity index (χ4n) is 2.06. The molecule has 4 nitrogen and oxygen atoms in total. The Kier molecular flexibility index (Phi) is 5.33. The summed E-state index contributed by atoms with van der Waals surface area (Å²) in [5, 5.41) is 11.9. The Labute approximate surface area is 123 Å². The number of amides is 1. The monoisotopic (exact) mass is 290 g/mol. The van der Waals surface area contributed by atoms with Crippen molar-refractivity contribution >= 4 is 23.3 Å². The van der Waals surface area contributed by atoms with Gasteiger partial charge in [-0.05, 0) is 37.5 Å². The smallest absolute Gasteiger partial charge is 0.262 e. The molecule has 5 heteroatoms. The van der Waals surface area contributed by atoms with Crippen molar-refractivity contribution in [2.45, 2.75) is 32.3 Å². The molecule has 0 unspecified atom stereocenters. The summed E-state index contributed by atoms with van der Waals surface area (Å²) in [5.41, 5.74) is 0.146. The minimum atomic E-state index is -0.325. The van der Waals surface area contributed by atoms with Crippen LogP contribution in [0.5, 0.6) is 0 Å². The summed E-state index contributed by atoms with van der Waals surface area (Å²) in [7, 11) is 0. The summed E-state index contributed by atoms with van der Waals surface area (Å²) >= 11 is 1.61. The Morgan fingerprint density at radius 2 is 2.50 bits per heavy atom. The van der Waals surface area contributed by atoms with Crippen molar-refractivity contribution in [2.75, 3.05) is 13.2 Å². The molecule has 1 saturated heterocycles. The summed E-state index contributed by atoms with van der Waals surface area (Å²) in [4.78, 5) is 14.1. The number of thiophene rings is 1. The van der Waals surface area contributed by atoms with E-state index in [1.54, 1.807) is 17.4 Å². The maximum atomic E-state index is 12.0. The highest BCUT2D eigenvalue weighted by molar-refractivity contribution is 7.12. The molecule has 0 aromatic carbocycles. The van der Waals surface area contributed by atoms with E-state index < -0.39 is 0 Å². The second-order valence-electron chi connectivity index (χ2n) is 4.67. The first kappa shape index (κ1) is 14.8. The van der Waals surface area contributed by atoms with Crippen LogP contribution in [0, 0.1) is 11.3 Å². The van der Waals surface area contributed by atoms with Gasteiger partial charge in [0.25, 0.3) is 5.91 Å². The van der Waals surface area contributed by atoms with E-state index in [1.165, 1.54) is 4.88 Å². The van der Waals surface area contributed by atoms with Gasteiger partial charge in [0, 0.05) is 22.9 Å². The summed E-state index contributed by atoms with van der Waals surface area (Å²) in [6.45, 7) is 3.32. The van der Waals surface area contributed by atoms with Crippen LogP contribution < -0.4 is 5.32 Å². The largest absolute Gasteiger partial charge is 0.376 e. The molecule has 106 valence electrons. The number of carbonyl (C=O) groups is 1. The molecule has 1 aromatic heterocycles. The van der Waals surface area contributed by atoms with E-state index in [2.05, 4.69) is 12.2 Å². The summed E-state index contributed by atoms with van der Waals surface area (Å²) in [5.74, 6) is -0.325. The van der Waals surface area contributed by atoms with Crippen molar-refractivity contribution in [3.8, 4) is 6.07 Å². The Balaban J connectivity index is 1.95. The van der Waals surface area contributed by atoms with Gasteiger partial charge in [-0.2, -0.15) is 5.26 Å². The lowest BCUT2D eigenvalue weighted by atomic mass is 10.2. The van der Waals surface area contributed by atoms with Gasteiger partial charge in [-0.25, -0.2) is 0 Å². The first-order valence-corrected chi connectivity index (χ1v) is 7.65.